The smallest absolute Gasteiger partial charge is 0.264 e. The van der Waals surface area contributed by atoms with Gasteiger partial charge in [-0.25, -0.2) is 12.8 Å². The second kappa shape index (κ2) is 15.2. The van der Waals surface area contributed by atoms with Crippen molar-refractivity contribution in [3.05, 3.63) is 131 Å². The zero-order valence-corrected chi connectivity index (χ0v) is 27.1. The van der Waals surface area contributed by atoms with Crippen LogP contribution in [-0.4, -0.2) is 43.8 Å². The van der Waals surface area contributed by atoms with Gasteiger partial charge in [0.2, 0.25) is 11.8 Å². The third-order valence-corrected chi connectivity index (χ3v) is 9.58. The first kappa shape index (κ1) is 33.7. The highest BCUT2D eigenvalue weighted by atomic mass is 35.5. The largest absolute Gasteiger partial charge is 0.352 e. The molecule has 2 atom stereocenters. The molecule has 236 valence electrons. The molecular weight excluding hydrogens is 613 g/mol. The Kier molecular flexibility index (Phi) is 11.4. The number of amides is 2. The maximum absolute atomic E-state index is 15.0. The summed E-state index contributed by atoms with van der Waals surface area (Å²) < 4.78 is 44.2. The number of sulfonamides is 1. The van der Waals surface area contributed by atoms with Crippen LogP contribution in [0.3, 0.4) is 0 Å². The number of rotatable bonds is 13. The topological polar surface area (TPSA) is 86.8 Å². The highest BCUT2D eigenvalue weighted by Crippen LogP contribution is 2.27. The number of carbonyl (C=O) groups excluding carboxylic acids is 2. The summed E-state index contributed by atoms with van der Waals surface area (Å²) in [5, 5.41) is 3.33. The third-order valence-electron chi connectivity index (χ3n) is 7.54. The van der Waals surface area contributed by atoms with Crippen molar-refractivity contribution < 1.29 is 22.4 Å². The van der Waals surface area contributed by atoms with Crippen LogP contribution in [0.4, 0.5) is 10.1 Å². The molecule has 0 heterocycles. The van der Waals surface area contributed by atoms with Crippen molar-refractivity contribution in [1.29, 1.82) is 0 Å². The highest BCUT2D eigenvalue weighted by molar-refractivity contribution is 7.92. The molecule has 1 N–H and O–H groups in total. The molecule has 4 rings (SSSR count). The minimum absolute atomic E-state index is 0.0581. The van der Waals surface area contributed by atoms with Crippen molar-refractivity contribution in [2.75, 3.05) is 10.8 Å². The van der Waals surface area contributed by atoms with Crippen molar-refractivity contribution in [3.63, 3.8) is 0 Å². The molecule has 0 unspecified atom stereocenters. The summed E-state index contributed by atoms with van der Waals surface area (Å²) in [6, 6.07) is 26.4. The Morgan fingerprint density at radius 1 is 0.911 bits per heavy atom. The van der Waals surface area contributed by atoms with Crippen LogP contribution < -0.4 is 9.62 Å². The summed E-state index contributed by atoms with van der Waals surface area (Å²) in [5.41, 5.74) is 2.04. The summed E-state index contributed by atoms with van der Waals surface area (Å²) in [5.74, 6) is -1.63. The van der Waals surface area contributed by atoms with Crippen molar-refractivity contribution in [2.45, 2.75) is 57.1 Å². The van der Waals surface area contributed by atoms with E-state index in [2.05, 4.69) is 5.32 Å². The monoisotopic (exact) mass is 649 g/mol. The van der Waals surface area contributed by atoms with E-state index in [-0.39, 0.29) is 35.2 Å². The lowest BCUT2D eigenvalue weighted by atomic mass is 10.0. The number of aryl methyl sites for hydroxylation is 1. The van der Waals surface area contributed by atoms with Crippen molar-refractivity contribution in [1.82, 2.24) is 10.2 Å². The molecule has 0 saturated heterocycles. The Morgan fingerprint density at radius 2 is 1.58 bits per heavy atom. The molecule has 10 heteroatoms. The Labute approximate surface area is 269 Å². The quantitative estimate of drug-likeness (QED) is 0.178. The van der Waals surface area contributed by atoms with Crippen LogP contribution >= 0.6 is 11.6 Å². The highest BCUT2D eigenvalue weighted by Gasteiger charge is 2.35. The first-order chi connectivity index (χ1) is 21.5. The Morgan fingerprint density at radius 3 is 2.22 bits per heavy atom. The van der Waals surface area contributed by atoms with Gasteiger partial charge in [0.05, 0.1) is 10.6 Å². The van der Waals surface area contributed by atoms with Crippen molar-refractivity contribution >= 4 is 39.1 Å². The van der Waals surface area contributed by atoms with Crippen LogP contribution in [0.2, 0.25) is 5.02 Å². The maximum atomic E-state index is 15.0. The van der Waals surface area contributed by atoms with E-state index < -0.39 is 40.2 Å². The van der Waals surface area contributed by atoms with E-state index in [0.717, 1.165) is 15.4 Å². The second-order valence-corrected chi connectivity index (χ2v) is 13.2. The fraction of sp³-hybridized carbons (Fsp3) is 0.257. The molecular formula is C35H37ClFN3O4S. The van der Waals surface area contributed by atoms with Gasteiger partial charge in [-0.15, -0.1) is 0 Å². The molecule has 0 radical (unpaired) electrons. The van der Waals surface area contributed by atoms with Gasteiger partial charge in [0.15, 0.2) is 0 Å². The standard InChI is InChI=1S/C35H37ClFN3O4S/c1-4-26(3)38-35(42)33(22-27-12-6-5-7-13-27)39(23-28-14-8-9-16-32(28)37)34(41)24-40(30-15-10-11-25(2)21-30)45(43,44)31-19-17-29(36)18-20-31/h5-21,26,33H,4,22-24H2,1-3H3,(H,38,42)/t26-,33+/m0/s1. The van der Waals surface area contributed by atoms with E-state index >= 15 is 4.39 Å². The SMILES string of the molecule is CC[C@H](C)NC(=O)[C@@H](Cc1ccccc1)N(Cc1ccccc1F)C(=O)CN(c1cccc(C)c1)S(=O)(=O)c1ccc(Cl)cc1. The number of hydrogen-bond donors (Lipinski definition) is 1. The van der Waals surface area contributed by atoms with Crippen LogP contribution in [0.25, 0.3) is 0 Å². The molecule has 0 aromatic heterocycles. The predicted octanol–water partition coefficient (Wildman–Crippen LogP) is 6.54. The number of halogens is 2. The van der Waals surface area contributed by atoms with Crippen LogP contribution in [0.1, 0.15) is 37.0 Å². The molecule has 0 fully saturated rings. The molecule has 0 aliphatic carbocycles. The van der Waals surface area contributed by atoms with Gasteiger partial charge in [-0.2, -0.15) is 0 Å². The lowest BCUT2D eigenvalue weighted by Gasteiger charge is -2.34. The summed E-state index contributed by atoms with van der Waals surface area (Å²) in [7, 11) is -4.27. The van der Waals surface area contributed by atoms with Crippen LogP contribution in [0.5, 0.6) is 0 Å². The van der Waals surface area contributed by atoms with Gasteiger partial charge >= 0.3 is 0 Å². The zero-order valence-electron chi connectivity index (χ0n) is 25.5. The molecule has 4 aromatic rings. The molecule has 45 heavy (non-hydrogen) atoms. The van der Waals surface area contributed by atoms with E-state index in [4.69, 9.17) is 11.6 Å². The van der Waals surface area contributed by atoms with Gasteiger partial charge in [0.1, 0.15) is 18.4 Å². The Balaban J connectivity index is 1.82. The first-order valence-electron chi connectivity index (χ1n) is 14.7. The normalized spacial score (nSPS) is 12.6. The lowest BCUT2D eigenvalue weighted by Crippen LogP contribution is -2.54. The molecule has 2 amide bonds. The summed E-state index contributed by atoms with van der Waals surface area (Å²) >= 11 is 6.03. The van der Waals surface area contributed by atoms with Crippen LogP contribution in [0, 0.1) is 12.7 Å². The van der Waals surface area contributed by atoms with Crippen molar-refractivity contribution in [2.24, 2.45) is 0 Å². The molecule has 0 spiro atoms. The molecule has 0 aliphatic heterocycles. The number of nitrogens with one attached hydrogen (secondary N) is 1. The van der Waals surface area contributed by atoms with Gasteiger partial charge < -0.3 is 10.2 Å². The van der Waals surface area contributed by atoms with Crippen LogP contribution in [0.15, 0.2) is 108 Å². The third kappa shape index (κ3) is 8.71. The van der Waals surface area contributed by atoms with Gasteiger partial charge in [-0.3, -0.25) is 13.9 Å². The van der Waals surface area contributed by atoms with E-state index in [1.807, 2.05) is 57.2 Å². The number of hydrogen-bond acceptors (Lipinski definition) is 4. The van der Waals surface area contributed by atoms with E-state index in [1.54, 1.807) is 36.4 Å². The fourth-order valence-electron chi connectivity index (χ4n) is 4.85. The molecule has 4 aromatic carbocycles. The van der Waals surface area contributed by atoms with Gasteiger partial charge in [0.25, 0.3) is 10.0 Å². The number of benzene rings is 4. The molecule has 0 saturated carbocycles. The Bertz CT molecular complexity index is 1720. The zero-order chi connectivity index (χ0) is 32.6. The number of anilines is 1. The Hall–Kier alpha value is -4.21. The minimum atomic E-state index is -4.27. The van der Waals surface area contributed by atoms with E-state index in [9.17, 15) is 18.0 Å². The molecule has 0 bridgehead atoms. The van der Waals surface area contributed by atoms with Crippen molar-refractivity contribution in [3.8, 4) is 0 Å². The van der Waals surface area contributed by atoms with Gasteiger partial charge in [-0.05, 0) is 73.9 Å². The number of nitrogens with zero attached hydrogens (tertiary/aromatic N) is 2. The number of carbonyl (C=O) groups is 2. The first-order valence-corrected chi connectivity index (χ1v) is 16.5. The average molecular weight is 650 g/mol. The fourth-order valence-corrected chi connectivity index (χ4v) is 6.38. The molecule has 0 aliphatic rings. The average Bonchev–Trinajstić information content (AvgIpc) is 3.02. The summed E-state index contributed by atoms with van der Waals surface area (Å²) in [6.45, 7) is 4.72. The summed E-state index contributed by atoms with van der Waals surface area (Å²) in [6.07, 6.45) is 0.795. The molecule has 7 nitrogen and oxygen atoms in total. The minimum Gasteiger partial charge on any atom is -0.352 e. The van der Waals surface area contributed by atoms with E-state index in [0.29, 0.717) is 11.4 Å². The summed E-state index contributed by atoms with van der Waals surface area (Å²) in [4.78, 5) is 29.5. The maximum Gasteiger partial charge on any atom is 0.264 e. The second-order valence-electron chi connectivity index (χ2n) is 10.9. The van der Waals surface area contributed by atoms with Gasteiger partial charge in [-0.1, -0.05) is 79.2 Å². The lowest BCUT2D eigenvalue weighted by molar-refractivity contribution is -0.140. The van der Waals surface area contributed by atoms with Gasteiger partial charge in [0, 0.05) is 29.6 Å². The van der Waals surface area contributed by atoms with Crippen LogP contribution in [-0.2, 0) is 32.6 Å². The predicted molar refractivity (Wildman–Crippen MR) is 176 cm³/mol. The van der Waals surface area contributed by atoms with E-state index in [1.165, 1.54) is 35.2 Å².